The van der Waals surface area contributed by atoms with E-state index in [0.717, 1.165) is 5.56 Å². The van der Waals surface area contributed by atoms with Crippen LogP contribution >= 0.6 is 12.4 Å². The third kappa shape index (κ3) is 2.32. The molecule has 0 amide bonds. The van der Waals surface area contributed by atoms with Crippen molar-refractivity contribution >= 4 is 35.8 Å². The van der Waals surface area contributed by atoms with Gasteiger partial charge in [0.25, 0.3) is 0 Å². The fraction of sp³-hybridized carbons (Fsp3) is 0.222. The number of aromatic nitrogens is 2. The number of fused-ring (bicyclic) bond motifs is 2. The highest BCUT2D eigenvalue weighted by molar-refractivity contribution is 6.29. The molecule has 0 atom stereocenters. The van der Waals surface area contributed by atoms with Crippen LogP contribution < -0.4 is 0 Å². The van der Waals surface area contributed by atoms with Gasteiger partial charge in [0.1, 0.15) is 17.1 Å². The van der Waals surface area contributed by atoms with Crippen molar-refractivity contribution in [1.82, 2.24) is 9.97 Å². The number of hydrogen-bond acceptors (Lipinski definition) is 4. The average Bonchev–Trinajstić information content (AvgIpc) is 2.99. The van der Waals surface area contributed by atoms with Crippen LogP contribution in [0.4, 0.5) is 0 Å². The second kappa shape index (κ2) is 5.53. The molecule has 6 heteroatoms. The molecule has 1 aromatic carbocycles. The van der Waals surface area contributed by atoms with E-state index >= 15 is 0 Å². The normalized spacial score (nSPS) is 18.1. The first kappa shape index (κ1) is 16.3. The molecule has 1 aliphatic heterocycles. The highest BCUT2D eigenvalue weighted by Crippen LogP contribution is 2.36. The molecule has 2 heterocycles. The van der Waals surface area contributed by atoms with Gasteiger partial charge in [-0.2, -0.15) is 0 Å². The lowest BCUT2D eigenvalue weighted by atomic mass is 9.81. The number of Topliss-reactive ketones (excluding diaryl/α,β-unsaturated/α-hetero) is 2. The van der Waals surface area contributed by atoms with Gasteiger partial charge in [-0.25, -0.2) is 4.98 Å². The second-order valence-electron chi connectivity index (χ2n) is 6.31. The topological polar surface area (TPSA) is 75.2 Å². The molecule has 1 aliphatic carbocycles. The monoisotopic (exact) mass is 341 g/mol. The van der Waals surface area contributed by atoms with Gasteiger partial charge in [-0.3, -0.25) is 14.6 Å². The molecule has 0 bridgehead atoms. The van der Waals surface area contributed by atoms with Crippen LogP contribution in [-0.4, -0.2) is 33.3 Å². The van der Waals surface area contributed by atoms with Crippen LogP contribution in [-0.2, 0) is 4.79 Å². The summed E-state index contributed by atoms with van der Waals surface area (Å²) < 4.78 is 0. The number of nitrogens with zero attached hydrogens (tertiary/aromatic N) is 2. The molecule has 0 unspecified atom stereocenters. The smallest absolute Gasteiger partial charge is 0.187 e. The maximum atomic E-state index is 12.6. The van der Waals surface area contributed by atoms with E-state index < -0.39 is 5.54 Å². The Kier molecular flexibility index (Phi) is 3.76. The molecular weight excluding hydrogens is 326 g/mol. The fourth-order valence-corrected chi connectivity index (χ4v) is 2.99. The van der Waals surface area contributed by atoms with E-state index in [0.29, 0.717) is 28.4 Å². The summed E-state index contributed by atoms with van der Waals surface area (Å²) in [5.41, 5.74) is 2.31. The van der Waals surface area contributed by atoms with Gasteiger partial charge in [0.05, 0.1) is 5.69 Å². The van der Waals surface area contributed by atoms with E-state index in [4.69, 9.17) is 0 Å². The third-order valence-corrected chi connectivity index (χ3v) is 4.29. The van der Waals surface area contributed by atoms with E-state index in [1.54, 1.807) is 20.1 Å². The number of H-pyrrole nitrogens is 1. The molecule has 2 aromatic rings. The van der Waals surface area contributed by atoms with Crippen molar-refractivity contribution in [3.05, 3.63) is 47.3 Å². The number of imidazole rings is 1. The van der Waals surface area contributed by atoms with Crippen LogP contribution in [0.3, 0.4) is 0 Å². The predicted molar refractivity (Wildman–Crippen MR) is 94.7 cm³/mol. The molecular formula is C18H16ClN3O2. The van der Waals surface area contributed by atoms with Crippen LogP contribution in [0.1, 0.15) is 36.5 Å². The average molecular weight is 342 g/mol. The lowest BCUT2D eigenvalue weighted by Crippen LogP contribution is -2.36. The Morgan fingerprint density at radius 2 is 1.83 bits per heavy atom. The molecule has 0 radical (unpaired) electrons. The zero-order chi connectivity index (χ0) is 16.2. The van der Waals surface area contributed by atoms with Crippen molar-refractivity contribution in [2.45, 2.75) is 25.8 Å². The van der Waals surface area contributed by atoms with Crippen molar-refractivity contribution in [2.24, 2.45) is 4.99 Å². The number of halogens is 1. The zero-order valence-corrected chi connectivity index (χ0v) is 14.1. The summed E-state index contributed by atoms with van der Waals surface area (Å²) in [4.78, 5) is 37.0. The summed E-state index contributed by atoms with van der Waals surface area (Å²) in [6.45, 7) is 3.52. The Bertz CT molecular complexity index is 908. The summed E-state index contributed by atoms with van der Waals surface area (Å²) >= 11 is 0. The van der Waals surface area contributed by atoms with Crippen molar-refractivity contribution in [1.29, 1.82) is 0 Å². The fourth-order valence-electron chi connectivity index (χ4n) is 2.99. The number of carbonyl (C=O) groups excluding carboxylic acids is 2. The van der Waals surface area contributed by atoms with Crippen molar-refractivity contribution in [3.8, 4) is 11.4 Å². The molecule has 1 N–H and O–H groups in total. The van der Waals surface area contributed by atoms with Gasteiger partial charge >= 0.3 is 0 Å². The van der Waals surface area contributed by atoms with Crippen LogP contribution in [0.2, 0.25) is 0 Å². The van der Waals surface area contributed by atoms with Crippen molar-refractivity contribution in [2.75, 3.05) is 0 Å². The van der Waals surface area contributed by atoms with Gasteiger partial charge in [0.15, 0.2) is 11.6 Å². The van der Waals surface area contributed by atoms with E-state index in [1.807, 2.05) is 30.3 Å². The lowest BCUT2D eigenvalue weighted by Gasteiger charge is -2.27. The summed E-state index contributed by atoms with van der Waals surface area (Å²) in [5.74, 6) is 0.407. The Morgan fingerprint density at radius 3 is 2.54 bits per heavy atom. The SMILES string of the molecule is CC1(C)N=CC2=C(CC(=O)c3nc(-c4ccccc4)[nH]c32)C1=O.Cl. The first-order valence-corrected chi connectivity index (χ1v) is 7.49. The standard InChI is InChI=1S/C18H15N3O2.ClH/c1-18(2)16(23)11-8-13(22)15-14(12(11)9-19-18)20-17(21-15)10-6-4-3-5-7-10;/h3-7,9H,8H2,1-2H3,(H,20,21);1H. The van der Waals surface area contributed by atoms with E-state index in [-0.39, 0.29) is 30.4 Å². The number of benzene rings is 1. The third-order valence-electron chi connectivity index (χ3n) is 4.29. The maximum absolute atomic E-state index is 12.6. The number of ketones is 2. The molecule has 4 rings (SSSR count). The number of carbonyl (C=O) groups is 2. The minimum atomic E-state index is -0.807. The number of aliphatic imine (C=N–C) groups is 1. The second-order valence-corrected chi connectivity index (χ2v) is 6.31. The number of dihydropyridines is 1. The zero-order valence-electron chi connectivity index (χ0n) is 13.3. The van der Waals surface area contributed by atoms with Gasteiger partial charge in [-0.1, -0.05) is 30.3 Å². The predicted octanol–water partition coefficient (Wildman–Crippen LogP) is 3.27. The van der Waals surface area contributed by atoms with Gasteiger partial charge in [0.2, 0.25) is 0 Å². The maximum Gasteiger partial charge on any atom is 0.187 e. The summed E-state index contributed by atoms with van der Waals surface area (Å²) in [6, 6.07) is 9.60. The summed E-state index contributed by atoms with van der Waals surface area (Å²) in [6.07, 6.45) is 1.78. The molecule has 2 aliphatic rings. The highest BCUT2D eigenvalue weighted by Gasteiger charge is 2.39. The molecule has 0 saturated heterocycles. The van der Waals surface area contributed by atoms with Gasteiger partial charge in [0, 0.05) is 29.3 Å². The number of aromatic amines is 1. The highest BCUT2D eigenvalue weighted by atomic mass is 35.5. The van der Waals surface area contributed by atoms with Crippen LogP contribution in [0.5, 0.6) is 0 Å². The van der Waals surface area contributed by atoms with Crippen LogP contribution in [0, 0.1) is 0 Å². The molecule has 5 nitrogen and oxygen atoms in total. The molecule has 0 saturated carbocycles. The van der Waals surface area contributed by atoms with Gasteiger partial charge in [-0.15, -0.1) is 12.4 Å². The largest absolute Gasteiger partial charge is 0.337 e. The molecule has 122 valence electrons. The first-order valence-electron chi connectivity index (χ1n) is 7.49. The van der Waals surface area contributed by atoms with E-state index in [1.165, 1.54) is 0 Å². The Hall–Kier alpha value is -2.53. The van der Waals surface area contributed by atoms with Crippen molar-refractivity contribution in [3.63, 3.8) is 0 Å². The molecule has 0 fully saturated rings. The quantitative estimate of drug-likeness (QED) is 0.865. The summed E-state index contributed by atoms with van der Waals surface area (Å²) in [7, 11) is 0. The Balaban J connectivity index is 0.00000169. The minimum absolute atomic E-state index is 0. The molecule has 1 aromatic heterocycles. The van der Waals surface area contributed by atoms with E-state index in [2.05, 4.69) is 15.0 Å². The first-order chi connectivity index (χ1) is 11.0. The van der Waals surface area contributed by atoms with E-state index in [9.17, 15) is 9.59 Å². The van der Waals surface area contributed by atoms with Gasteiger partial charge in [-0.05, 0) is 13.8 Å². The lowest BCUT2D eigenvalue weighted by molar-refractivity contribution is -0.119. The summed E-state index contributed by atoms with van der Waals surface area (Å²) in [5, 5.41) is 0. The molecule has 0 spiro atoms. The Morgan fingerprint density at radius 1 is 1.12 bits per heavy atom. The number of allylic oxidation sites excluding steroid dienone is 1. The minimum Gasteiger partial charge on any atom is -0.337 e. The van der Waals surface area contributed by atoms with Crippen molar-refractivity contribution < 1.29 is 9.59 Å². The number of rotatable bonds is 1. The molecule has 24 heavy (non-hydrogen) atoms. The number of hydrogen-bond donors (Lipinski definition) is 1. The van der Waals surface area contributed by atoms with Crippen LogP contribution in [0.25, 0.3) is 17.0 Å². The van der Waals surface area contributed by atoms with Crippen LogP contribution in [0.15, 0.2) is 40.9 Å². The number of nitrogens with one attached hydrogen (secondary N) is 1. The Labute approximate surface area is 145 Å². The van der Waals surface area contributed by atoms with Gasteiger partial charge < -0.3 is 4.98 Å².